The molecule has 1 aliphatic rings. The minimum Gasteiger partial charge on any atom is -0.373 e. The highest BCUT2D eigenvalue weighted by atomic mass is 15.2. The molecule has 0 spiro atoms. The molecule has 1 saturated carbocycles. The minimum atomic E-state index is 0.656. The van der Waals surface area contributed by atoms with Crippen LogP contribution in [0.5, 0.6) is 0 Å². The van der Waals surface area contributed by atoms with Gasteiger partial charge < -0.3 is 10.2 Å². The van der Waals surface area contributed by atoms with Gasteiger partial charge in [0.25, 0.3) is 0 Å². The molecule has 0 radical (unpaired) electrons. The summed E-state index contributed by atoms with van der Waals surface area (Å²) < 4.78 is 0. The second-order valence-corrected chi connectivity index (χ2v) is 5.80. The van der Waals surface area contributed by atoms with Crippen molar-refractivity contribution in [2.75, 3.05) is 23.8 Å². The van der Waals surface area contributed by atoms with E-state index in [1.54, 1.807) is 6.33 Å². The van der Waals surface area contributed by atoms with E-state index in [0.717, 1.165) is 31.0 Å². The van der Waals surface area contributed by atoms with Gasteiger partial charge in [0.1, 0.15) is 18.0 Å². The van der Waals surface area contributed by atoms with Crippen LogP contribution in [-0.4, -0.2) is 29.6 Å². The van der Waals surface area contributed by atoms with E-state index in [4.69, 9.17) is 0 Å². The van der Waals surface area contributed by atoms with Gasteiger partial charge in [-0.2, -0.15) is 0 Å². The summed E-state index contributed by atoms with van der Waals surface area (Å²) in [4.78, 5) is 11.5. The lowest BCUT2D eigenvalue weighted by atomic mass is 10.1. The Kier molecular flexibility index (Phi) is 4.61. The third-order valence-electron chi connectivity index (χ3n) is 3.48. The maximum absolute atomic E-state index is 4.60. The fourth-order valence-corrected chi connectivity index (χ4v) is 2.53. The molecule has 1 N–H and O–H groups in total. The van der Waals surface area contributed by atoms with Crippen LogP contribution < -0.4 is 10.2 Å². The fraction of sp³-hybridized carbons (Fsp3) is 0.733. The highest BCUT2D eigenvalue weighted by molar-refractivity contribution is 5.59. The fourth-order valence-electron chi connectivity index (χ4n) is 2.53. The Bertz CT molecular complexity index is 413. The van der Waals surface area contributed by atoms with Gasteiger partial charge in [-0.15, -0.1) is 0 Å². The summed E-state index contributed by atoms with van der Waals surface area (Å²) in [5.41, 5.74) is 1.28. The summed E-state index contributed by atoms with van der Waals surface area (Å²) in [7, 11) is 1.94. The van der Waals surface area contributed by atoms with Crippen molar-refractivity contribution in [1.29, 1.82) is 0 Å². The van der Waals surface area contributed by atoms with Gasteiger partial charge in [0, 0.05) is 25.2 Å². The maximum atomic E-state index is 4.60. The second kappa shape index (κ2) is 6.22. The normalized spacial score (nSPS) is 14.8. The lowest BCUT2D eigenvalue weighted by Crippen LogP contribution is -2.32. The zero-order chi connectivity index (χ0) is 13.8. The zero-order valence-electron chi connectivity index (χ0n) is 12.6. The van der Waals surface area contributed by atoms with Crippen molar-refractivity contribution in [2.24, 2.45) is 5.92 Å². The van der Waals surface area contributed by atoms with Gasteiger partial charge in [-0.3, -0.25) is 0 Å². The number of anilines is 2. The Morgan fingerprint density at radius 1 is 1.37 bits per heavy atom. The molecule has 1 heterocycles. The van der Waals surface area contributed by atoms with Gasteiger partial charge in [-0.05, 0) is 25.2 Å². The Hall–Kier alpha value is -1.32. The summed E-state index contributed by atoms with van der Waals surface area (Å²) in [5.74, 6) is 2.79. The molecule has 2 rings (SSSR count). The van der Waals surface area contributed by atoms with E-state index in [1.807, 2.05) is 7.05 Å². The van der Waals surface area contributed by atoms with Crippen LogP contribution in [0.25, 0.3) is 0 Å². The van der Waals surface area contributed by atoms with Crippen LogP contribution in [0.2, 0.25) is 0 Å². The Balaban J connectivity index is 2.34. The average Bonchev–Trinajstić information content (AvgIpc) is 3.21. The van der Waals surface area contributed by atoms with Gasteiger partial charge in [0.15, 0.2) is 0 Å². The van der Waals surface area contributed by atoms with E-state index in [1.165, 1.54) is 18.4 Å². The van der Waals surface area contributed by atoms with E-state index in [2.05, 4.69) is 41.0 Å². The van der Waals surface area contributed by atoms with Crippen molar-refractivity contribution >= 4 is 11.6 Å². The summed E-state index contributed by atoms with van der Waals surface area (Å²) >= 11 is 0. The van der Waals surface area contributed by atoms with Crippen LogP contribution in [0.4, 0.5) is 11.6 Å². The smallest absolute Gasteiger partial charge is 0.137 e. The minimum absolute atomic E-state index is 0.656. The molecule has 1 aromatic rings. The largest absolute Gasteiger partial charge is 0.373 e. The van der Waals surface area contributed by atoms with Gasteiger partial charge in [0.2, 0.25) is 0 Å². The molecule has 19 heavy (non-hydrogen) atoms. The van der Waals surface area contributed by atoms with Crippen molar-refractivity contribution in [3.8, 4) is 0 Å². The number of nitrogens with zero attached hydrogens (tertiary/aromatic N) is 3. The first-order valence-corrected chi connectivity index (χ1v) is 7.45. The SMILES string of the molecule is CCCc1c(NC)ncnc1N(CC(C)C)C1CC1. The van der Waals surface area contributed by atoms with Crippen molar-refractivity contribution < 1.29 is 0 Å². The summed E-state index contributed by atoms with van der Waals surface area (Å²) in [5, 5.41) is 3.21. The molecule has 0 amide bonds. The van der Waals surface area contributed by atoms with Crippen LogP contribution >= 0.6 is 0 Å². The van der Waals surface area contributed by atoms with Crippen LogP contribution in [0, 0.1) is 5.92 Å². The highest BCUT2D eigenvalue weighted by Gasteiger charge is 2.32. The van der Waals surface area contributed by atoms with E-state index in [-0.39, 0.29) is 0 Å². The van der Waals surface area contributed by atoms with E-state index in [9.17, 15) is 0 Å². The van der Waals surface area contributed by atoms with Gasteiger partial charge >= 0.3 is 0 Å². The van der Waals surface area contributed by atoms with E-state index < -0.39 is 0 Å². The van der Waals surface area contributed by atoms with Gasteiger partial charge in [0.05, 0.1) is 0 Å². The van der Waals surface area contributed by atoms with E-state index >= 15 is 0 Å². The number of nitrogens with one attached hydrogen (secondary N) is 1. The quantitative estimate of drug-likeness (QED) is 0.820. The molecule has 0 atom stereocenters. The summed E-state index contributed by atoms with van der Waals surface area (Å²) in [6.45, 7) is 7.84. The van der Waals surface area contributed by atoms with Crippen molar-refractivity contribution in [3.05, 3.63) is 11.9 Å². The standard InChI is InChI=1S/C15H26N4/c1-5-6-13-14(16-4)17-10-18-15(13)19(9-11(2)3)12-7-8-12/h10-12H,5-9H2,1-4H3,(H,16,17,18). The third-order valence-corrected chi connectivity index (χ3v) is 3.48. The molecular weight excluding hydrogens is 236 g/mol. The zero-order valence-corrected chi connectivity index (χ0v) is 12.6. The van der Waals surface area contributed by atoms with Crippen LogP contribution in [-0.2, 0) is 6.42 Å². The number of aromatic nitrogens is 2. The molecule has 4 heteroatoms. The molecular formula is C15H26N4. The Labute approximate surface area is 116 Å². The summed E-state index contributed by atoms with van der Waals surface area (Å²) in [6.07, 6.45) is 6.45. The maximum Gasteiger partial charge on any atom is 0.137 e. The van der Waals surface area contributed by atoms with Crippen LogP contribution in [0.1, 0.15) is 45.6 Å². The van der Waals surface area contributed by atoms with Crippen molar-refractivity contribution in [2.45, 2.75) is 52.5 Å². The first-order valence-electron chi connectivity index (χ1n) is 7.45. The predicted molar refractivity (Wildman–Crippen MR) is 80.8 cm³/mol. The second-order valence-electron chi connectivity index (χ2n) is 5.80. The Morgan fingerprint density at radius 2 is 2.11 bits per heavy atom. The molecule has 0 saturated heterocycles. The molecule has 0 aromatic carbocycles. The predicted octanol–water partition coefficient (Wildman–Crippen LogP) is 3.10. The molecule has 106 valence electrons. The number of hydrogen-bond donors (Lipinski definition) is 1. The molecule has 0 aliphatic heterocycles. The third kappa shape index (κ3) is 3.37. The lowest BCUT2D eigenvalue weighted by molar-refractivity contribution is 0.600. The average molecular weight is 262 g/mol. The molecule has 4 nitrogen and oxygen atoms in total. The van der Waals surface area contributed by atoms with Crippen molar-refractivity contribution in [3.63, 3.8) is 0 Å². The molecule has 1 fully saturated rings. The molecule has 0 bridgehead atoms. The monoisotopic (exact) mass is 262 g/mol. The van der Waals surface area contributed by atoms with Gasteiger partial charge in [-0.25, -0.2) is 9.97 Å². The molecule has 1 aromatic heterocycles. The first kappa shape index (κ1) is 14.1. The number of rotatable bonds is 7. The van der Waals surface area contributed by atoms with Gasteiger partial charge in [-0.1, -0.05) is 27.2 Å². The van der Waals surface area contributed by atoms with E-state index in [0.29, 0.717) is 12.0 Å². The number of hydrogen-bond acceptors (Lipinski definition) is 4. The van der Waals surface area contributed by atoms with Crippen LogP contribution in [0.3, 0.4) is 0 Å². The molecule has 1 aliphatic carbocycles. The lowest BCUT2D eigenvalue weighted by Gasteiger charge is -2.28. The topological polar surface area (TPSA) is 41.1 Å². The van der Waals surface area contributed by atoms with Crippen LogP contribution in [0.15, 0.2) is 6.33 Å². The van der Waals surface area contributed by atoms with Crippen molar-refractivity contribution in [1.82, 2.24) is 9.97 Å². The highest BCUT2D eigenvalue weighted by Crippen LogP contribution is 2.35. The molecule has 0 unspecified atom stereocenters. The first-order chi connectivity index (χ1) is 9.17. The summed E-state index contributed by atoms with van der Waals surface area (Å²) in [6, 6.07) is 0.692. The Morgan fingerprint density at radius 3 is 2.63 bits per heavy atom.